The van der Waals surface area contributed by atoms with Gasteiger partial charge in [0.1, 0.15) is 11.3 Å². The third-order valence-corrected chi connectivity index (χ3v) is 4.25. The summed E-state index contributed by atoms with van der Waals surface area (Å²) in [7, 11) is 0. The lowest BCUT2D eigenvalue weighted by molar-refractivity contribution is 1.19. The van der Waals surface area contributed by atoms with E-state index in [1.54, 1.807) is 11.3 Å². The van der Waals surface area contributed by atoms with E-state index >= 15 is 0 Å². The number of aromatic amines is 1. The summed E-state index contributed by atoms with van der Waals surface area (Å²) in [4.78, 5) is 10.4. The van der Waals surface area contributed by atoms with Gasteiger partial charge in [-0.05, 0) is 30.7 Å². The Morgan fingerprint density at radius 1 is 1.29 bits per heavy atom. The average molecular weight is 263 g/mol. The lowest BCUT2D eigenvalue weighted by Crippen LogP contribution is -1.73. The Morgan fingerprint density at radius 3 is 2.88 bits per heavy atom. The van der Waals surface area contributed by atoms with Crippen molar-refractivity contribution >= 4 is 34.0 Å². The van der Waals surface area contributed by atoms with Crippen molar-refractivity contribution in [1.29, 1.82) is 0 Å². The van der Waals surface area contributed by atoms with Gasteiger partial charge in [0.15, 0.2) is 0 Å². The van der Waals surface area contributed by atoms with E-state index in [-0.39, 0.29) is 0 Å². The maximum atomic E-state index is 6.11. The van der Waals surface area contributed by atoms with Gasteiger partial charge in [-0.2, -0.15) is 0 Å². The average Bonchev–Trinajstić information content (AvgIpc) is 2.95. The number of halogens is 1. The van der Waals surface area contributed by atoms with E-state index in [1.807, 2.05) is 18.2 Å². The van der Waals surface area contributed by atoms with Crippen LogP contribution in [0.1, 0.15) is 11.8 Å². The van der Waals surface area contributed by atoms with E-state index in [0.717, 1.165) is 28.2 Å². The smallest absolute Gasteiger partial charge is 0.148 e. The summed E-state index contributed by atoms with van der Waals surface area (Å²) in [5.74, 6) is 0.901. The van der Waals surface area contributed by atoms with Gasteiger partial charge in [-0.1, -0.05) is 24.6 Å². The lowest BCUT2D eigenvalue weighted by atomic mass is 10.3. The highest BCUT2D eigenvalue weighted by atomic mass is 35.5. The number of H-pyrrole nitrogens is 1. The molecule has 0 amide bonds. The van der Waals surface area contributed by atoms with Crippen LogP contribution < -0.4 is 0 Å². The topological polar surface area (TPSA) is 28.7 Å². The molecule has 1 N–H and O–H groups in total. The van der Waals surface area contributed by atoms with E-state index in [0.29, 0.717) is 5.02 Å². The number of hydrogen-bond acceptors (Lipinski definition) is 2. The lowest BCUT2D eigenvalue weighted by Gasteiger charge is -1.88. The molecule has 0 unspecified atom stereocenters. The minimum Gasteiger partial charge on any atom is -0.337 e. The van der Waals surface area contributed by atoms with Crippen molar-refractivity contribution in [2.24, 2.45) is 0 Å². The molecule has 0 radical (unpaired) electrons. The minimum atomic E-state index is 0.692. The van der Waals surface area contributed by atoms with Crippen LogP contribution in [0.5, 0.6) is 0 Å². The summed E-state index contributed by atoms with van der Waals surface area (Å²) in [6.07, 6.45) is 1.06. The van der Waals surface area contributed by atoms with Gasteiger partial charge in [0.2, 0.25) is 0 Å². The standard InChI is InChI=1S/C13H11ClN2S/c1-2-8-6-7-11(17-8)13-15-10-5-3-4-9(14)12(10)16-13/h3-7H,2H2,1H3,(H,15,16). The van der Waals surface area contributed by atoms with Gasteiger partial charge in [0.05, 0.1) is 15.4 Å². The summed E-state index contributed by atoms with van der Waals surface area (Å²) in [5, 5.41) is 0.692. The van der Waals surface area contributed by atoms with E-state index in [1.165, 1.54) is 4.88 Å². The Hall–Kier alpha value is -1.32. The van der Waals surface area contributed by atoms with Crippen LogP contribution in [0, 0.1) is 0 Å². The zero-order valence-electron chi connectivity index (χ0n) is 9.33. The Morgan fingerprint density at radius 2 is 2.18 bits per heavy atom. The highest BCUT2D eigenvalue weighted by Crippen LogP contribution is 2.30. The molecule has 0 saturated carbocycles. The first-order chi connectivity index (χ1) is 8.28. The molecule has 0 aliphatic carbocycles. The number of thiophene rings is 1. The van der Waals surface area contributed by atoms with Gasteiger partial charge in [0, 0.05) is 4.88 Å². The maximum Gasteiger partial charge on any atom is 0.148 e. The fourth-order valence-electron chi connectivity index (χ4n) is 1.81. The number of imidazole rings is 1. The van der Waals surface area contributed by atoms with Crippen LogP contribution in [0.15, 0.2) is 30.3 Å². The zero-order chi connectivity index (χ0) is 11.8. The molecule has 2 heterocycles. The number of para-hydroxylation sites is 1. The maximum absolute atomic E-state index is 6.11. The highest BCUT2D eigenvalue weighted by Gasteiger charge is 2.09. The van der Waals surface area contributed by atoms with Crippen LogP contribution >= 0.6 is 22.9 Å². The van der Waals surface area contributed by atoms with Crippen molar-refractivity contribution in [3.05, 3.63) is 40.2 Å². The number of hydrogen-bond donors (Lipinski definition) is 1. The van der Waals surface area contributed by atoms with Crippen LogP contribution in [-0.4, -0.2) is 9.97 Å². The first kappa shape index (κ1) is 10.8. The zero-order valence-corrected chi connectivity index (χ0v) is 10.9. The van der Waals surface area contributed by atoms with Gasteiger partial charge in [-0.3, -0.25) is 0 Å². The van der Waals surface area contributed by atoms with Crippen molar-refractivity contribution in [3.63, 3.8) is 0 Å². The van der Waals surface area contributed by atoms with Gasteiger partial charge in [0.25, 0.3) is 0 Å². The Labute approximate surface area is 108 Å². The quantitative estimate of drug-likeness (QED) is 0.723. The second-order valence-electron chi connectivity index (χ2n) is 3.84. The van der Waals surface area contributed by atoms with Crippen LogP contribution in [0.3, 0.4) is 0 Å². The SMILES string of the molecule is CCc1ccc(-c2nc3c(Cl)cccc3[nH]2)s1. The molecule has 17 heavy (non-hydrogen) atoms. The van der Waals surface area contributed by atoms with Crippen LogP contribution in [0.2, 0.25) is 5.02 Å². The van der Waals surface area contributed by atoms with Gasteiger partial charge >= 0.3 is 0 Å². The first-order valence-corrected chi connectivity index (χ1v) is 6.70. The Kier molecular flexibility index (Phi) is 2.65. The summed E-state index contributed by atoms with van der Waals surface area (Å²) < 4.78 is 0. The van der Waals surface area contributed by atoms with Gasteiger partial charge < -0.3 is 4.98 Å². The van der Waals surface area contributed by atoms with Crippen molar-refractivity contribution < 1.29 is 0 Å². The molecular weight excluding hydrogens is 252 g/mol. The van der Waals surface area contributed by atoms with Crippen molar-refractivity contribution in [2.45, 2.75) is 13.3 Å². The molecule has 0 fully saturated rings. The van der Waals surface area contributed by atoms with Crippen molar-refractivity contribution in [1.82, 2.24) is 9.97 Å². The number of aryl methyl sites for hydroxylation is 1. The molecule has 2 aromatic heterocycles. The normalized spacial score (nSPS) is 11.2. The predicted octanol–water partition coefficient (Wildman–Crippen LogP) is 4.51. The van der Waals surface area contributed by atoms with E-state index in [4.69, 9.17) is 11.6 Å². The molecule has 0 aliphatic heterocycles. The molecule has 0 atom stereocenters. The highest BCUT2D eigenvalue weighted by molar-refractivity contribution is 7.15. The monoisotopic (exact) mass is 262 g/mol. The molecule has 0 bridgehead atoms. The molecule has 0 spiro atoms. The Balaban J connectivity index is 2.14. The van der Waals surface area contributed by atoms with Gasteiger partial charge in [-0.15, -0.1) is 11.3 Å². The largest absolute Gasteiger partial charge is 0.337 e. The molecular formula is C13H11ClN2S. The fraction of sp³-hybridized carbons (Fsp3) is 0.154. The minimum absolute atomic E-state index is 0.692. The third kappa shape index (κ3) is 1.85. The number of benzene rings is 1. The molecule has 0 saturated heterocycles. The molecule has 86 valence electrons. The van der Waals surface area contributed by atoms with Gasteiger partial charge in [-0.25, -0.2) is 4.98 Å². The second kappa shape index (κ2) is 4.17. The van der Waals surface area contributed by atoms with Crippen LogP contribution in [0.25, 0.3) is 21.7 Å². The first-order valence-electron chi connectivity index (χ1n) is 5.51. The van der Waals surface area contributed by atoms with Crippen LogP contribution in [0.4, 0.5) is 0 Å². The number of rotatable bonds is 2. The van der Waals surface area contributed by atoms with E-state index < -0.39 is 0 Å². The number of fused-ring (bicyclic) bond motifs is 1. The molecule has 3 aromatic rings. The van der Waals surface area contributed by atoms with Crippen molar-refractivity contribution in [2.75, 3.05) is 0 Å². The van der Waals surface area contributed by atoms with E-state index in [9.17, 15) is 0 Å². The second-order valence-corrected chi connectivity index (χ2v) is 5.42. The summed E-state index contributed by atoms with van der Waals surface area (Å²) in [6, 6.07) is 10.0. The number of aromatic nitrogens is 2. The molecule has 3 rings (SSSR count). The molecule has 0 aliphatic rings. The molecule has 2 nitrogen and oxygen atoms in total. The summed E-state index contributed by atoms with van der Waals surface area (Å²) >= 11 is 7.88. The predicted molar refractivity (Wildman–Crippen MR) is 73.8 cm³/mol. The summed E-state index contributed by atoms with van der Waals surface area (Å²) in [5.41, 5.74) is 1.83. The van der Waals surface area contributed by atoms with Crippen molar-refractivity contribution in [3.8, 4) is 10.7 Å². The third-order valence-electron chi connectivity index (χ3n) is 2.71. The number of nitrogens with one attached hydrogen (secondary N) is 1. The molecule has 1 aromatic carbocycles. The molecule has 4 heteroatoms. The number of nitrogens with zero attached hydrogens (tertiary/aromatic N) is 1. The van der Waals surface area contributed by atoms with Crippen LogP contribution in [-0.2, 0) is 6.42 Å². The van der Waals surface area contributed by atoms with E-state index in [2.05, 4.69) is 29.0 Å². The summed E-state index contributed by atoms with van der Waals surface area (Å²) in [6.45, 7) is 2.16. The fourth-order valence-corrected chi connectivity index (χ4v) is 2.92. The Bertz CT molecular complexity index is 669.